The highest BCUT2D eigenvalue weighted by atomic mass is 35.5. The van der Waals surface area contributed by atoms with Gasteiger partial charge in [-0.3, -0.25) is 4.79 Å². The second-order valence-corrected chi connectivity index (χ2v) is 9.28. The first-order valence-corrected chi connectivity index (χ1v) is 10.7. The van der Waals surface area contributed by atoms with Gasteiger partial charge in [-0.25, -0.2) is 8.42 Å². The number of rotatable bonds is 8. The zero-order chi connectivity index (χ0) is 20.0. The molecule has 0 saturated heterocycles. The molecule has 0 radical (unpaired) electrons. The highest BCUT2D eigenvalue weighted by Crippen LogP contribution is 2.28. The lowest BCUT2D eigenvalue weighted by Crippen LogP contribution is -2.41. The first-order chi connectivity index (χ1) is 12.7. The Morgan fingerprint density at radius 3 is 2.41 bits per heavy atom. The lowest BCUT2D eigenvalue weighted by atomic mass is 10.2. The lowest BCUT2D eigenvalue weighted by molar-refractivity contribution is -0.121. The van der Waals surface area contributed by atoms with Gasteiger partial charge in [0, 0.05) is 18.1 Å². The second kappa shape index (κ2) is 9.55. The van der Waals surface area contributed by atoms with Crippen LogP contribution in [0.1, 0.15) is 19.4 Å². The third-order valence-electron chi connectivity index (χ3n) is 3.74. The van der Waals surface area contributed by atoms with Gasteiger partial charge in [0.05, 0.1) is 11.6 Å². The fourth-order valence-electron chi connectivity index (χ4n) is 2.36. The topological polar surface area (TPSA) is 66.5 Å². The molecule has 146 valence electrons. The van der Waals surface area contributed by atoms with Crippen LogP contribution in [-0.2, 0) is 21.4 Å². The van der Waals surface area contributed by atoms with E-state index in [9.17, 15) is 13.2 Å². The zero-order valence-electron chi connectivity index (χ0n) is 15.2. The molecule has 0 aliphatic rings. The summed E-state index contributed by atoms with van der Waals surface area (Å²) in [5, 5.41) is 3.05. The molecule has 1 N–H and O–H groups in total. The Balaban J connectivity index is 2.35. The minimum Gasteiger partial charge on any atom is -0.355 e. The maximum atomic E-state index is 13.2. The van der Waals surface area contributed by atoms with Gasteiger partial charge < -0.3 is 5.32 Å². The van der Waals surface area contributed by atoms with Crippen LogP contribution >= 0.6 is 23.2 Å². The summed E-state index contributed by atoms with van der Waals surface area (Å²) in [6.07, 6.45) is 0. The number of hydrogen-bond acceptors (Lipinski definition) is 3. The summed E-state index contributed by atoms with van der Waals surface area (Å²) in [6.45, 7) is 4.12. The maximum absolute atomic E-state index is 13.2. The number of sulfonamides is 1. The Labute approximate surface area is 170 Å². The molecule has 0 unspecified atom stereocenters. The molecule has 5 nitrogen and oxygen atoms in total. The van der Waals surface area contributed by atoms with Crippen molar-refractivity contribution in [2.24, 2.45) is 5.92 Å². The van der Waals surface area contributed by atoms with E-state index in [1.54, 1.807) is 12.1 Å². The normalized spacial score (nSPS) is 11.8. The van der Waals surface area contributed by atoms with Gasteiger partial charge in [0.25, 0.3) is 0 Å². The summed E-state index contributed by atoms with van der Waals surface area (Å²) in [5.74, 6) is -0.114. The second-order valence-electron chi connectivity index (χ2n) is 6.53. The van der Waals surface area contributed by atoms with Gasteiger partial charge in [0.2, 0.25) is 15.9 Å². The first-order valence-electron chi connectivity index (χ1n) is 8.46. The van der Waals surface area contributed by atoms with Crippen molar-refractivity contribution in [3.05, 3.63) is 64.1 Å². The van der Waals surface area contributed by atoms with Crippen LogP contribution in [0.4, 0.5) is 0 Å². The Morgan fingerprint density at radius 1 is 1.11 bits per heavy atom. The summed E-state index contributed by atoms with van der Waals surface area (Å²) >= 11 is 12.1. The van der Waals surface area contributed by atoms with Crippen molar-refractivity contribution in [1.82, 2.24) is 9.62 Å². The molecule has 1 amide bonds. The highest BCUT2D eigenvalue weighted by Gasteiger charge is 2.29. The maximum Gasteiger partial charge on any atom is 0.245 e. The smallest absolute Gasteiger partial charge is 0.245 e. The van der Waals surface area contributed by atoms with Gasteiger partial charge in [0.15, 0.2) is 0 Å². The molecule has 2 aromatic rings. The van der Waals surface area contributed by atoms with Crippen LogP contribution in [0.15, 0.2) is 53.4 Å². The van der Waals surface area contributed by atoms with Gasteiger partial charge in [-0.2, -0.15) is 4.31 Å². The van der Waals surface area contributed by atoms with Crippen molar-refractivity contribution in [2.75, 3.05) is 13.1 Å². The SMILES string of the molecule is CC(C)CNC(=O)CN(Cc1ccccc1)S(=O)(=O)c1cc(Cl)ccc1Cl. The first kappa shape index (κ1) is 21.7. The van der Waals surface area contributed by atoms with Crippen LogP contribution in [0.5, 0.6) is 0 Å². The van der Waals surface area contributed by atoms with Crippen LogP contribution in [0.25, 0.3) is 0 Å². The van der Waals surface area contributed by atoms with Gasteiger partial charge in [-0.1, -0.05) is 67.4 Å². The Morgan fingerprint density at radius 2 is 1.78 bits per heavy atom. The third-order valence-corrected chi connectivity index (χ3v) is 6.25. The van der Waals surface area contributed by atoms with E-state index in [4.69, 9.17) is 23.2 Å². The molecule has 0 fully saturated rings. The van der Waals surface area contributed by atoms with Crippen LogP contribution in [-0.4, -0.2) is 31.7 Å². The van der Waals surface area contributed by atoms with Crippen molar-refractivity contribution in [2.45, 2.75) is 25.3 Å². The van der Waals surface area contributed by atoms with Gasteiger partial charge >= 0.3 is 0 Å². The molecule has 0 aliphatic heterocycles. The number of carbonyl (C=O) groups is 1. The number of hydrogen-bond donors (Lipinski definition) is 1. The predicted octanol–water partition coefficient (Wildman–Crippen LogP) is 3.96. The average Bonchev–Trinajstić information content (AvgIpc) is 2.62. The molecule has 0 bridgehead atoms. The van der Waals surface area contributed by atoms with E-state index in [2.05, 4.69) is 5.32 Å². The number of amides is 1. The molecule has 0 atom stereocenters. The number of nitrogens with one attached hydrogen (secondary N) is 1. The van der Waals surface area contributed by atoms with Crippen LogP contribution in [0.3, 0.4) is 0 Å². The molecule has 0 aliphatic carbocycles. The monoisotopic (exact) mass is 428 g/mol. The fourth-order valence-corrected chi connectivity index (χ4v) is 4.48. The summed E-state index contributed by atoms with van der Waals surface area (Å²) in [5.41, 5.74) is 0.760. The zero-order valence-corrected chi connectivity index (χ0v) is 17.5. The molecular formula is C19H22Cl2N2O3S. The van der Waals surface area contributed by atoms with E-state index in [1.807, 2.05) is 32.0 Å². The number of benzene rings is 2. The van der Waals surface area contributed by atoms with Gasteiger partial charge in [-0.05, 0) is 29.7 Å². The average molecular weight is 429 g/mol. The molecule has 0 saturated carbocycles. The molecular weight excluding hydrogens is 407 g/mol. The summed E-state index contributed by atoms with van der Waals surface area (Å²) in [7, 11) is -4.03. The van der Waals surface area contributed by atoms with E-state index < -0.39 is 10.0 Å². The summed E-state index contributed by atoms with van der Waals surface area (Å²) in [6, 6.07) is 13.3. The highest BCUT2D eigenvalue weighted by molar-refractivity contribution is 7.89. The lowest BCUT2D eigenvalue weighted by Gasteiger charge is -2.23. The van der Waals surface area contributed by atoms with E-state index in [1.165, 1.54) is 18.2 Å². The molecule has 2 rings (SSSR count). The minimum atomic E-state index is -4.03. The number of halogens is 2. The standard InChI is InChI=1S/C19H22Cl2N2O3S/c1-14(2)11-22-19(24)13-23(12-15-6-4-3-5-7-15)27(25,26)18-10-16(20)8-9-17(18)21/h3-10,14H,11-13H2,1-2H3,(H,22,24). The largest absolute Gasteiger partial charge is 0.355 e. The van der Waals surface area contributed by atoms with E-state index in [0.29, 0.717) is 6.54 Å². The van der Waals surface area contributed by atoms with Crippen LogP contribution in [0, 0.1) is 5.92 Å². The van der Waals surface area contributed by atoms with E-state index >= 15 is 0 Å². The molecule has 2 aromatic carbocycles. The predicted molar refractivity (Wildman–Crippen MR) is 108 cm³/mol. The van der Waals surface area contributed by atoms with Crippen molar-refractivity contribution in [3.63, 3.8) is 0 Å². The summed E-state index contributed by atoms with van der Waals surface area (Å²) in [4.78, 5) is 12.2. The number of nitrogens with zero attached hydrogens (tertiary/aromatic N) is 1. The third kappa shape index (κ3) is 6.21. The Bertz CT molecular complexity index is 887. The summed E-state index contributed by atoms with van der Waals surface area (Å²) < 4.78 is 27.5. The minimum absolute atomic E-state index is 0.0428. The van der Waals surface area contributed by atoms with Gasteiger partial charge in [0.1, 0.15) is 4.90 Å². The molecule has 0 spiro atoms. The molecule has 0 heterocycles. The fraction of sp³-hybridized carbons (Fsp3) is 0.316. The molecule has 0 aromatic heterocycles. The van der Waals surface area contributed by atoms with Gasteiger partial charge in [-0.15, -0.1) is 0 Å². The Hall–Kier alpha value is -1.60. The number of carbonyl (C=O) groups excluding carboxylic acids is 1. The van der Waals surface area contributed by atoms with Crippen molar-refractivity contribution < 1.29 is 13.2 Å². The van der Waals surface area contributed by atoms with E-state index in [0.717, 1.165) is 9.87 Å². The van der Waals surface area contributed by atoms with Crippen molar-refractivity contribution in [1.29, 1.82) is 0 Å². The van der Waals surface area contributed by atoms with Crippen molar-refractivity contribution in [3.8, 4) is 0 Å². The molecule has 8 heteroatoms. The van der Waals surface area contributed by atoms with Crippen LogP contribution in [0.2, 0.25) is 10.0 Å². The van der Waals surface area contributed by atoms with Crippen molar-refractivity contribution >= 4 is 39.1 Å². The quantitative estimate of drug-likeness (QED) is 0.691. The van der Waals surface area contributed by atoms with Crippen LogP contribution < -0.4 is 5.32 Å². The molecule has 27 heavy (non-hydrogen) atoms. The van der Waals surface area contributed by atoms with E-state index in [-0.39, 0.29) is 39.9 Å². The Kier molecular flexibility index (Phi) is 7.68.